The van der Waals surface area contributed by atoms with Crippen molar-refractivity contribution in [2.75, 3.05) is 11.1 Å². The van der Waals surface area contributed by atoms with Crippen LogP contribution in [0.25, 0.3) is 11.5 Å². The molecular weight excluding hydrogens is 362 g/mol. The lowest BCUT2D eigenvalue weighted by Crippen LogP contribution is -2.15. The third-order valence-corrected chi connectivity index (χ3v) is 4.33. The Kier molecular flexibility index (Phi) is 5.52. The molecule has 2 heterocycles. The number of nitrogens with one attached hydrogen (secondary N) is 1. The Labute approximate surface area is 151 Å². The first-order chi connectivity index (χ1) is 12.6. The van der Waals surface area contributed by atoms with Gasteiger partial charge in [-0.15, -0.1) is 10.2 Å². The first-order valence-corrected chi connectivity index (χ1v) is 8.64. The zero-order chi connectivity index (χ0) is 18.5. The number of thioether (sulfide) groups is 1. The number of rotatable bonds is 6. The summed E-state index contributed by atoms with van der Waals surface area (Å²) in [5, 5.41) is 11.3. The molecule has 0 bridgehead atoms. The van der Waals surface area contributed by atoms with Gasteiger partial charge in [0.2, 0.25) is 5.91 Å². The summed E-state index contributed by atoms with van der Waals surface area (Å²) in [4.78, 5) is 20.2. The molecule has 10 heteroatoms. The fraction of sp³-hybridized carbons (Fsp3) is 0.188. The lowest BCUT2D eigenvalue weighted by atomic mass is 10.3. The molecule has 0 aliphatic heterocycles. The van der Waals surface area contributed by atoms with Gasteiger partial charge < -0.3 is 9.88 Å². The molecule has 1 amide bonds. The van der Waals surface area contributed by atoms with E-state index in [9.17, 15) is 13.6 Å². The predicted octanol–water partition coefficient (Wildman–Crippen LogP) is 2.76. The third-order valence-electron chi connectivity index (χ3n) is 3.36. The highest BCUT2D eigenvalue weighted by atomic mass is 32.2. The maximum Gasteiger partial charge on any atom is 0.234 e. The summed E-state index contributed by atoms with van der Waals surface area (Å²) in [6.07, 6.45) is 4.71. The third kappa shape index (κ3) is 4.02. The molecule has 0 radical (unpaired) electrons. The first-order valence-electron chi connectivity index (χ1n) is 7.65. The number of nitrogens with zero attached hydrogens (tertiary/aromatic N) is 5. The average molecular weight is 376 g/mol. The van der Waals surface area contributed by atoms with Crippen molar-refractivity contribution < 1.29 is 13.6 Å². The second-order valence-corrected chi connectivity index (χ2v) is 6.05. The van der Waals surface area contributed by atoms with Crippen molar-refractivity contribution in [2.45, 2.75) is 18.6 Å². The van der Waals surface area contributed by atoms with Crippen molar-refractivity contribution in [3.05, 3.63) is 48.4 Å². The molecule has 0 fully saturated rings. The van der Waals surface area contributed by atoms with Gasteiger partial charge in [0.05, 0.1) is 11.9 Å². The number of carbonyl (C=O) groups excluding carboxylic acids is 1. The second-order valence-electron chi connectivity index (χ2n) is 5.11. The Hall–Kier alpha value is -2.88. The van der Waals surface area contributed by atoms with E-state index in [-0.39, 0.29) is 17.3 Å². The summed E-state index contributed by atoms with van der Waals surface area (Å²) in [5.74, 6) is -1.76. The highest BCUT2D eigenvalue weighted by molar-refractivity contribution is 7.99. The Morgan fingerprint density at radius 2 is 2.08 bits per heavy atom. The van der Waals surface area contributed by atoms with Gasteiger partial charge in [0, 0.05) is 30.7 Å². The zero-order valence-corrected chi connectivity index (χ0v) is 14.5. The van der Waals surface area contributed by atoms with Crippen molar-refractivity contribution in [1.82, 2.24) is 24.7 Å². The van der Waals surface area contributed by atoms with Crippen LogP contribution in [0, 0.1) is 11.6 Å². The van der Waals surface area contributed by atoms with Gasteiger partial charge in [-0.2, -0.15) is 0 Å². The molecule has 0 saturated heterocycles. The minimum Gasteiger partial charge on any atom is -0.325 e. The highest BCUT2D eigenvalue weighted by Gasteiger charge is 2.15. The van der Waals surface area contributed by atoms with Gasteiger partial charge in [-0.05, 0) is 19.1 Å². The summed E-state index contributed by atoms with van der Waals surface area (Å²) in [6, 6.07) is 3.18. The van der Waals surface area contributed by atoms with Crippen LogP contribution in [0.2, 0.25) is 0 Å². The van der Waals surface area contributed by atoms with Gasteiger partial charge in [0.1, 0.15) is 5.69 Å². The molecule has 0 aliphatic carbocycles. The summed E-state index contributed by atoms with van der Waals surface area (Å²) in [5.41, 5.74) is 0.770. The number of anilines is 1. The fourth-order valence-corrected chi connectivity index (χ4v) is 2.99. The number of halogens is 2. The molecule has 0 spiro atoms. The van der Waals surface area contributed by atoms with Crippen molar-refractivity contribution in [2.24, 2.45) is 0 Å². The molecule has 134 valence electrons. The normalized spacial score (nSPS) is 10.7. The molecule has 7 nitrogen and oxygen atoms in total. The van der Waals surface area contributed by atoms with Gasteiger partial charge >= 0.3 is 0 Å². The van der Waals surface area contributed by atoms with Crippen molar-refractivity contribution in [3.8, 4) is 11.5 Å². The number of aromatic nitrogens is 5. The Morgan fingerprint density at radius 3 is 2.77 bits per heavy atom. The molecule has 0 aliphatic rings. The van der Waals surface area contributed by atoms with E-state index in [1.807, 2.05) is 11.5 Å². The van der Waals surface area contributed by atoms with Crippen molar-refractivity contribution in [1.29, 1.82) is 0 Å². The quantitative estimate of drug-likeness (QED) is 0.666. The van der Waals surface area contributed by atoms with Gasteiger partial charge in [-0.3, -0.25) is 9.78 Å². The van der Waals surface area contributed by atoms with Crippen molar-refractivity contribution >= 4 is 23.4 Å². The Bertz CT molecular complexity index is 918. The van der Waals surface area contributed by atoms with Gasteiger partial charge in [-0.25, -0.2) is 13.8 Å². The second kappa shape index (κ2) is 8.00. The summed E-state index contributed by atoms with van der Waals surface area (Å²) in [7, 11) is 0. The molecule has 1 aromatic carbocycles. The van der Waals surface area contributed by atoms with Crippen LogP contribution in [0.4, 0.5) is 14.5 Å². The lowest BCUT2D eigenvalue weighted by Gasteiger charge is -2.07. The van der Waals surface area contributed by atoms with Gasteiger partial charge in [0.25, 0.3) is 0 Å². The summed E-state index contributed by atoms with van der Waals surface area (Å²) < 4.78 is 27.9. The number of hydrogen-bond acceptors (Lipinski definition) is 6. The fourth-order valence-electron chi connectivity index (χ4n) is 2.19. The van der Waals surface area contributed by atoms with E-state index in [0.717, 1.165) is 12.1 Å². The van der Waals surface area contributed by atoms with Crippen LogP contribution in [-0.2, 0) is 11.3 Å². The topological polar surface area (TPSA) is 85.6 Å². The van der Waals surface area contributed by atoms with Gasteiger partial charge in [-0.1, -0.05) is 11.8 Å². The molecule has 3 rings (SSSR count). The Morgan fingerprint density at radius 1 is 1.23 bits per heavy atom. The van der Waals surface area contributed by atoms with E-state index in [0.29, 0.717) is 23.2 Å². The standard InChI is InChI=1S/C16H14F2N6OS/c1-2-24-15(13-8-19-5-6-20-13)22-23-16(24)26-9-14(25)21-10-3-4-11(17)12(18)7-10/h3-8H,2,9H2,1H3,(H,21,25). The van der Waals surface area contributed by atoms with Crippen LogP contribution in [0.5, 0.6) is 0 Å². The summed E-state index contributed by atoms with van der Waals surface area (Å²) in [6.45, 7) is 2.51. The van der Waals surface area contributed by atoms with Crippen LogP contribution >= 0.6 is 11.8 Å². The predicted molar refractivity (Wildman–Crippen MR) is 92.4 cm³/mol. The smallest absolute Gasteiger partial charge is 0.234 e. The largest absolute Gasteiger partial charge is 0.325 e. The van der Waals surface area contributed by atoms with E-state index in [1.54, 1.807) is 18.6 Å². The number of benzene rings is 1. The number of hydrogen-bond donors (Lipinski definition) is 1. The van der Waals surface area contributed by atoms with E-state index >= 15 is 0 Å². The minimum absolute atomic E-state index is 0.0393. The van der Waals surface area contributed by atoms with E-state index in [1.165, 1.54) is 17.8 Å². The van der Waals surface area contributed by atoms with Crippen LogP contribution in [0.15, 0.2) is 41.9 Å². The average Bonchev–Trinajstić information content (AvgIpc) is 3.07. The molecule has 3 aromatic rings. The Balaban J connectivity index is 1.67. The highest BCUT2D eigenvalue weighted by Crippen LogP contribution is 2.22. The minimum atomic E-state index is -1.02. The molecule has 26 heavy (non-hydrogen) atoms. The SMILES string of the molecule is CCn1c(SCC(=O)Nc2ccc(F)c(F)c2)nnc1-c1cnccn1. The first kappa shape index (κ1) is 17.9. The monoisotopic (exact) mass is 376 g/mol. The van der Waals surface area contributed by atoms with Gasteiger partial charge in [0.15, 0.2) is 22.6 Å². The maximum atomic E-state index is 13.2. The molecule has 0 unspecified atom stereocenters. The van der Waals surface area contributed by atoms with E-state index in [2.05, 4.69) is 25.5 Å². The molecule has 2 aromatic heterocycles. The van der Waals surface area contributed by atoms with E-state index < -0.39 is 11.6 Å². The molecular formula is C16H14F2N6OS. The van der Waals surface area contributed by atoms with Crippen LogP contribution in [0.1, 0.15) is 6.92 Å². The molecule has 0 atom stereocenters. The molecule has 1 N–H and O–H groups in total. The zero-order valence-electron chi connectivity index (χ0n) is 13.7. The van der Waals surface area contributed by atoms with Crippen LogP contribution < -0.4 is 5.32 Å². The lowest BCUT2D eigenvalue weighted by molar-refractivity contribution is -0.113. The van der Waals surface area contributed by atoms with Crippen LogP contribution in [-0.4, -0.2) is 36.4 Å². The maximum absolute atomic E-state index is 13.2. The number of amides is 1. The molecule has 0 saturated carbocycles. The van der Waals surface area contributed by atoms with Crippen LogP contribution in [0.3, 0.4) is 0 Å². The summed E-state index contributed by atoms with van der Waals surface area (Å²) >= 11 is 1.18. The van der Waals surface area contributed by atoms with E-state index in [4.69, 9.17) is 0 Å². The number of carbonyl (C=O) groups is 1. The van der Waals surface area contributed by atoms with Crippen molar-refractivity contribution in [3.63, 3.8) is 0 Å².